The molecule has 0 aromatic heterocycles. The van der Waals surface area contributed by atoms with Crippen LogP contribution in [0.5, 0.6) is 0 Å². The van der Waals surface area contributed by atoms with Crippen LogP contribution in [-0.4, -0.2) is 25.2 Å². The van der Waals surface area contributed by atoms with E-state index in [2.05, 4.69) is 4.13 Å². The molecule has 7 heteroatoms. The second-order valence-corrected chi connectivity index (χ2v) is 5.30. The van der Waals surface area contributed by atoms with Gasteiger partial charge in [0.15, 0.2) is 0 Å². The molecule has 2 N–H and O–H groups in total. The molecule has 0 saturated heterocycles. The van der Waals surface area contributed by atoms with Crippen LogP contribution in [0.3, 0.4) is 0 Å². The summed E-state index contributed by atoms with van der Waals surface area (Å²) in [5.41, 5.74) is 0. The number of carboxylic acid groups (broad SMARTS) is 1. The van der Waals surface area contributed by atoms with Gasteiger partial charge in [0.05, 0.1) is 4.90 Å². The molecule has 0 radical (unpaired) electrons. The smallest absolute Gasteiger partial charge is 0.314 e. The molecule has 0 atom stereocenters. The second-order valence-electron chi connectivity index (χ2n) is 2.58. The van der Waals surface area contributed by atoms with Gasteiger partial charge in [0.25, 0.3) is 0 Å². The van der Waals surface area contributed by atoms with Crippen LogP contribution in [0.1, 0.15) is 0 Å². The molecule has 5 nitrogen and oxygen atoms in total. The van der Waals surface area contributed by atoms with Crippen molar-refractivity contribution in [1.29, 1.82) is 0 Å². The Bertz CT molecular complexity index is 429. The Morgan fingerprint density at radius 3 is 2.47 bits per heavy atom. The first-order valence-electron chi connectivity index (χ1n) is 3.93. The Morgan fingerprint density at radius 2 is 1.93 bits per heavy atom. The second kappa shape index (κ2) is 5.15. The van der Waals surface area contributed by atoms with Gasteiger partial charge in [0.2, 0.25) is 10.0 Å². The van der Waals surface area contributed by atoms with E-state index >= 15 is 0 Å². The van der Waals surface area contributed by atoms with Crippen LogP contribution < -0.4 is 4.13 Å². The van der Waals surface area contributed by atoms with Crippen LogP contribution in [0, 0.1) is 0 Å². The van der Waals surface area contributed by atoms with Crippen molar-refractivity contribution in [3.05, 3.63) is 30.3 Å². The molecule has 0 heterocycles. The molecule has 0 aliphatic carbocycles. The third kappa shape index (κ3) is 3.90. The molecule has 0 aliphatic heterocycles. The van der Waals surface area contributed by atoms with Gasteiger partial charge in [-0.15, -0.1) is 0 Å². The average molecular weight is 247 g/mol. The van der Waals surface area contributed by atoms with E-state index in [1.807, 2.05) is 0 Å². The van der Waals surface area contributed by atoms with E-state index in [1.165, 1.54) is 12.1 Å². The lowest BCUT2D eigenvalue weighted by molar-refractivity contribution is -0.133. The van der Waals surface area contributed by atoms with Crippen LogP contribution >= 0.6 is 11.9 Å². The molecule has 82 valence electrons. The SMILES string of the molecule is O=C(O)CSNS(=O)(=O)c1ccccc1. The number of carbonyl (C=O) groups is 1. The Balaban J connectivity index is 2.65. The Morgan fingerprint density at radius 1 is 1.33 bits per heavy atom. The van der Waals surface area contributed by atoms with Crippen LogP contribution in [0.15, 0.2) is 35.2 Å². The van der Waals surface area contributed by atoms with Crippen molar-refractivity contribution < 1.29 is 18.3 Å². The zero-order chi connectivity index (χ0) is 11.3. The van der Waals surface area contributed by atoms with Gasteiger partial charge >= 0.3 is 5.97 Å². The van der Waals surface area contributed by atoms with Crippen molar-refractivity contribution >= 4 is 27.9 Å². The molecule has 0 amide bonds. The zero-order valence-electron chi connectivity index (χ0n) is 7.58. The third-order valence-corrected chi connectivity index (χ3v) is 4.05. The van der Waals surface area contributed by atoms with Crippen molar-refractivity contribution in [3.63, 3.8) is 0 Å². The van der Waals surface area contributed by atoms with Crippen LogP contribution in [0.25, 0.3) is 0 Å². The fourth-order valence-corrected chi connectivity index (χ4v) is 2.70. The number of hydrogen-bond acceptors (Lipinski definition) is 4. The third-order valence-electron chi connectivity index (χ3n) is 1.42. The number of benzene rings is 1. The van der Waals surface area contributed by atoms with E-state index in [0.29, 0.717) is 11.9 Å². The van der Waals surface area contributed by atoms with Crippen molar-refractivity contribution in [2.75, 3.05) is 5.75 Å². The summed E-state index contributed by atoms with van der Waals surface area (Å²) in [5.74, 6) is -1.39. The summed E-state index contributed by atoms with van der Waals surface area (Å²) < 4.78 is 25.1. The van der Waals surface area contributed by atoms with E-state index in [-0.39, 0.29) is 10.6 Å². The first-order chi connectivity index (χ1) is 7.02. The maximum atomic E-state index is 11.5. The van der Waals surface area contributed by atoms with Gasteiger partial charge in [0.1, 0.15) is 5.75 Å². The van der Waals surface area contributed by atoms with Crippen LogP contribution in [0.2, 0.25) is 0 Å². The van der Waals surface area contributed by atoms with E-state index in [0.717, 1.165) is 0 Å². The number of rotatable bonds is 5. The molecule has 0 bridgehead atoms. The van der Waals surface area contributed by atoms with Crippen molar-refractivity contribution in [2.24, 2.45) is 0 Å². The highest BCUT2D eigenvalue weighted by atomic mass is 32.3. The predicted molar refractivity (Wildman–Crippen MR) is 56.9 cm³/mol. The molecule has 0 aliphatic rings. The average Bonchev–Trinajstić information content (AvgIpc) is 2.18. The monoisotopic (exact) mass is 247 g/mol. The fraction of sp³-hybridized carbons (Fsp3) is 0.125. The Kier molecular flexibility index (Phi) is 4.13. The minimum atomic E-state index is -3.61. The first-order valence-corrected chi connectivity index (χ1v) is 6.40. The molecule has 0 saturated carbocycles. The lowest BCUT2D eigenvalue weighted by Gasteiger charge is -2.03. The molecule has 0 fully saturated rings. The van der Waals surface area contributed by atoms with Crippen molar-refractivity contribution in [1.82, 2.24) is 4.13 Å². The van der Waals surface area contributed by atoms with E-state index in [4.69, 9.17) is 5.11 Å². The zero-order valence-corrected chi connectivity index (χ0v) is 9.22. The molecule has 15 heavy (non-hydrogen) atoms. The number of carboxylic acids is 1. The predicted octanol–water partition coefficient (Wildman–Crippen LogP) is 0.698. The van der Waals surface area contributed by atoms with Crippen molar-refractivity contribution in [2.45, 2.75) is 4.90 Å². The van der Waals surface area contributed by atoms with Gasteiger partial charge in [0, 0.05) is 0 Å². The van der Waals surface area contributed by atoms with E-state index in [1.54, 1.807) is 18.2 Å². The molecule has 1 aromatic carbocycles. The molecular weight excluding hydrogens is 238 g/mol. The number of sulfonamides is 1. The summed E-state index contributed by atoms with van der Waals surface area (Å²) in [7, 11) is -3.61. The molecule has 0 spiro atoms. The minimum absolute atomic E-state index is 0.114. The van der Waals surface area contributed by atoms with Gasteiger partial charge < -0.3 is 5.11 Å². The summed E-state index contributed by atoms with van der Waals surface area (Å²) in [6.07, 6.45) is 0. The Hall–Kier alpha value is -1.05. The summed E-state index contributed by atoms with van der Waals surface area (Å²) in [6.45, 7) is 0. The van der Waals surface area contributed by atoms with Gasteiger partial charge in [-0.25, -0.2) is 8.42 Å². The molecule has 1 aromatic rings. The number of aliphatic carboxylic acids is 1. The highest BCUT2D eigenvalue weighted by Gasteiger charge is 2.13. The molecular formula is C8H9NO4S2. The highest BCUT2D eigenvalue weighted by molar-refractivity contribution is 8.09. The molecule has 0 unspecified atom stereocenters. The Labute approximate surface area is 91.7 Å². The maximum absolute atomic E-state index is 11.5. The van der Waals surface area contributed by atoms with Crippen LogP contribution in [0.4, 0.5) is 0 Å². The fourth-order valence-electron chi connectivity index (χ4n) is 0.817. The number of hydrogen-bond donors (Lipinski definition) is 2. The first kappa shape index (κ1) is 12.0. The normalized spacial score (nSPS) is 11.2. The molecule has 1 rings (SSSR count). The van der Waals surface area contributed by atoms with E-state index in [9.17, 15) is 13.2 Å². The van der Waals surface area contributed by atoms with Crippen molar-refractivity contribution in [3.8, 4) is 0 Å². The van der Waals surface area contributed by atoms with Gasteiger partial charge in [-0.3, -0.25) is 4.79 Å². The quantitative estimate of drug-likeness (QED) is 0.748. The highest BCUT2D eigenvalue weighted by Crippen LogP contribution is 2.10. The number of nitrogens with one attached hydrogen (secondary N) is 1. The van der Waals surface area contributed by atoms with Gasteiger partial charge in [-0.1, -0.05) is 30.1 Å². The summed E-state index contributed by atoms with van der Waals surface area (Å²) in [4.78, 5) is 10.3. The summed E-state index contributed by atoms with van der Waals surface area (Å²) >= 11 is 0.626. The summed E-state index contributed by atoms with van der Waals surface area (Å²) in [6, 6.07) is 7.75. The standard InChI is InChI=1S/C8H9NO4S2/c10-8(11)6-14-9-15(12,13)7-4-2-1-3-5-7/h1-5,9H,6H2,(H,10,11). The maximum Gasteiger partial charge on any atom is 0.314 e. The minimum Gasteiger partial charge on any atom is -0.481 e. The topological polar surface area (TPSA) is 83.5 Å². The van der Waals surface area contributed by atoms with E-state index < -0.39 is 16.0 Å². The lowest BCUT2D eigenvalue weighted by atomic mass is 10.4. The summed E-state index contributed by atoms with van der Waals surface area (Å²) in [5, 5.41) is 8.33. The van der Waals surface area contributed by atoms with Crippen LogP contribution in [-0.2, 0) is 14.8 Å². The van der Waals surface area contributed by atoms with Gasteiger partial charge in [-0.05, 0) is 12.1 Å². The largest absolute Gasteiger partial charge is 0.481 e. The lowest BCUT2D eigenvalue weighted by Crippen LogP contribution is -2.18. The van der Waals surface area contributed by atoms with Gasteiger partial charge in [-0.2, -0.15) is 4.13 Å².